The molecule has 1 aliphatic heterocycles. The van der Waals surface area contributed by atoms with Gasteiger partial charge in [-0.25, -0.2) is 0 Å². The zero-order valence-corrected chi connectivity index (χ0v) is 17.7. The molecule has 0 amide bonds. The van der Waals surface area contributed by atoms with Gasteiger partial charge in [0, 0.05) is 17.2 Å². The zero-order valence-electron chi connectivity index (χ0n) is 16.9. The van der Waals surface area contributed by atoms with E-state index in [1.807, 2.05) is 13.0 Å². The van der Waals surface area contributed by atoms with Crippen LogP contribution >= 0.6 is 0 Å². The molecule has 1 saturated heterocycles. The molecule has 1 fully saturated rings. The average molecular weight is 430 g/mol. The minimum absolute atomic E-state index is 0.0718. The molecule has 2 aliphatic rings. The fraction of sp³-hybridized carbons (Fsp3) is 0.318. The van der Waals surface area contributed by atoms with Crippen molar-refractivity contribution in [2.75, 3.05) is 26.3 Å². The molecule has 0 saturated carbocycles. The van der Waals surface area contributed by atoms with Gasteiger partial charge in [-0.05, 0) is 31.0 Å². The molecule has 0 spiro atoms. The van der Waals surface area contributed by atoms with Crippen molar-refractivity contribution >= 4 is 15.7 Å². The third-order valence-corrected chi connectivity index (χ3v) is 7.00. The summed E-state index contributed by atoms with van der Waals surface area (Å²) in [5.74, 6) is -1.68. The van der Waals surface area contributed by atoms with E-state index < -0.39 is 15.8 Å². The second-order valence-corrected chi connectivity index (χ2v) is 9.22. The maximum Gasteiger partial charge on any atom is 0.283 e. The number of allylic oxidation sites excluding steroid dienone is 1. The lowest BCUT2D eigenvalue weighted by Crippen LogP contribution is -3.14. The van der Waals surface area contributed by atoms with Crippen LogP contribution < -0.4 is 4.90 Å². The lowest BCUT2D eigenvalue weighted by Gasteiger charge is -2.41. The first-order chi connectivity index (χ1) is 14.3. The molecule has 4 rings (SSSR count). The summed E-state index contributed by atoms with van der Waals surface area (Å²) in [6, 6.07) is 12.2. The van der Waals surface area contributed by atoms with E-state index in [0.717, 1.165) is 10.5 Å². The normalized spacial score (nSPS) is 24.9. The summed E-state index contributed by atoms with van der Waals surface area (Å²) in [5, 5.41) is 20.8. The van der Waals surface area contributed by atoms with Crippen LogP contribution in [0.2, 0.25) is 0 Å². The zero-order chi connectivity index (χ0) is 21.5. The fourth-order valence-electron chi connectivity index (χ4n) is 4.05. The van der Waals surface area contributed by atoms with Crippen LogP contribution in [0.5, 0.6) is 0 Å². The minimum Gasteiger partial charge on any atom is -0.391 e. The summed E-state index contributed by atoms with van der Waals surface area (Å²) in [6.45, 7) is 4.73. The van der Waals surface area contributed by atoms with E-state index >= 15 is 0 Å². The Kier molecular flexibility index (Phi) is 5.37. The van der Waals surface area contributed by atoms with Crippen molar-refractivity contribution in [2.24, 2.45) is 4.40 Å². The minimum atomic E-state index is -3.98. The number of aliphatic hydroxyl groups is 2. The molecule has 8 heteroatoms. The van der Waals surface area contributed by atoms with Gasteiger partial charge >= 0.3 is 0 Å². The van der Waals surface area contributed by atoms with E-state index in [0.29, 0.717) is 42.1 Å². The largest absolute Gasteiger partial charge is 0.391 e. The van der Waals surface area contributed by atoms with Crippen molar-refractivity contribution in [2.45, 2.75) is 24.5 Å². The van der Waals surface area contributed by atoms with Gasteiger partial charge in [-0.15, -0.1) is 0 Å². The summed E-state index contributed by atoms with van der Waals surface area (Å²) >= 11 is 0. The molecule has 0 bridgehead atoms. The molecule has 1 heterocycles. The van der Waals surface area contributed by atoms with Crippen molar-refractivity contribution in [1.29, 1.82) is 0 Å². The van der Waals surface area contributed by atoms with Crippen LogP contribution in [0.25, 0.3) is 0 Å². The van der Waals surface area contributed by atoms with E-state index in [1.54, 1.807) is 49.4 Å². The van der Waals surface area contributed by atoms with Gasteiger partial charge < -0.3 is 14.9 Å². The van der Waals surface area contributed by atoms with Crippen LogP contribution in [0.4, 0.5) is 0 Å². The first-order valence-corrected chi connectivity index (χ1v) is 11.3. The van der Waals surface area contributed by atoms with Crippen LogP contribution in [0, 0.1) is 13.8 Å². The van der Waals surface area contributed by atoms with Crippen LogP contribution in [-0.2, 0) is 20.5 Å². The molecular weight excluding hydrogens is 404 g/mol. The van der Waals surface area contributed by atoms with Crippen LogP contribution in [-0.4, -0.2) is 50.6 Å². The van der Waals surface area contributed by atoms with Gasteiger partial charge in [-0.3, -0.25) is 4.90 Å². The summed E-state index contributed by atoms with van der Waals surface area (Å²) in [4.78, 5) is 0.990. The Balaban J connectivity index is 1.91. The molecule has 158 valence electrons. The van der Waals surface area contributed by atoms with Gasteiger partial charge in [-0.1, -0.05) is 36.4 Å². The summed E-state index contributed by atoms with van der Waals surface area (Å²) in [5.41, 5.74) is 3.10. The molecule has 7 nitrogen and oxygen atoms in total. The monoisotopic (exact) mass is 429 g/mol. The van der Waals surface area contributed by atoms with E-state index in [9.17, 15) is 18.6 Å². The van der Waals surface area contributed by atoms with Crippen molar-refractivity contribution in [3.8, 4) is 0 Å². The number of hydrogen-bond donors (Lipinski definition) is 3. The number of fused-ring (bicyclic) bond motifs is 3. The molecule has 3 N–H and O–H groups in total. The van der Waals surface area contributed by atoms with Crippen molar-refractivity contribution < 1.29 is 28.3 Å². The summed E-state index contributed by atoms with van der Waals surface area (Å²) in [6.07, 6.45) is 1.58. The molecule has 1 unspecified atom stereocenters. The Morgan fingerprint density at radius 3 is 2.73 bits per heavy atom. The van der Waals surface area contributed by atoms with Gasteiger partial charge in [0.05, 0.1) is 17.2 Å². The van der Waals surface area contributed by atoms with Gasteiger partial charge in [0.1, 0.15) is 19.7 Å². The molecular formula is C22H25N2O5S+. The number of nitrogens with one attached hydrogen (secondary N) is 1. The topological polar surface area (TPSA) is 101 Å². The standard InChI is InChI=1S/C22H24N2O5S/c1-15-7-8-16(2)20(13-15)30(27,28)23-19-14-21-22(26,18-6-4-3-5-17(18)19)29-12-10-24(21)9-11-25/h3-8,13-14,25-26H,9-12H2,1-2H3/p+1/t22-/m1/s1. The number of ether oxygens (including phenoxy) is 1. The Labute approximate surface area is 176 Å². The fourth-order valence-corrected chi connectivity index (χ4v) is 5.37. The van der Waals surface area contributed by atoms with Crippen molar-refractivity contribution in [1.82, 2.24) is 0 Å². The highest BCUT2D eigenvalue weighted by Crippen LogP contribution is 2.37. The number of morpholine rings is 1. The molecule has 2 aromatic carbocycles. The highest BCUT2D eigenvalue weighted by molar-refractivity contribution is 7.90. The molecule has 2 aromatic rings. The molecule has 1 aliphatic carbocycles. The predicted molar refractivity (Wildman–Crippen MR) is 112 cm³/mol. The van der Waals surface area contributed by atoms with Gasteiger partial charge in [0.25, 0.3) is 15.8 Å². The summed E-state index contributed by atoms with van der Waals surface area (Å²) < 4.78 is 36.3. The van der Waals surface area contributed by atoms with Gasteiger partial charge in [-0.2, -0.15) is 12.8 Å². The predicted octanol–water partition coefficient (Wildman–Crippen LogP) is 0.431. The lowest BCUT2D eigenvalue weighted by atomic mass is 9.86. The summed E-state index contributed by atoms with van der Waals surface area (Å²) in [7, 11) is -3.98. The Morgan fingerprint density at radius 2 is 1.97 bits per heavy atom. The number of hydrogen-bond acceptors (Lipinski definition) is 5. The van der Waals surface area contributed by atoms with Crippen molar-refractivity contribution in [3.05, 3.63) is 76.5 Å². The van der Waals surface area contributed by atoms with E-state index in [1.165, 1.54) is 0 Å². The van der Waals surface area contributed by atoms with E-state index in [2.05, 4.69) is 4.40 Å². The quantitative estimate of drug-likeness (QED) is 0.655. The Morgan fingerprint density at radius 1 is 1.20 bits per heavy atom. The smallest absolute Gasteiger partial charge is 0.283 e. The highest BCUT2D eigenvalue weighted by atomic mass is 32.2. The number of nitrogens with zero attached hydrogens (tertiary/aromatic N) is 1. The van der Waals surface area contributed by atoms with E-state index in [-0.39, 0.29) is 17.2 Å². The first-order valence-electron chi connectivity index (χ1n) is 9.83. The third kappa shape index (κ3) is 3.51. The van der Waals surface area contributed by atoms with Crippen LogP contribution in [0.1, 0.15) is 22.3 Å². The highest BCUT2D eigenvalue weighted by Gasteiger charge is 2.49. The van der Waals surface area contributed by atoms with Gasteiger partial charge in [0.2, 0.25) is 0 Å². The van der Waals surface area contributed by atoms with Crippen LogP contribution in [0.3, 0.4) is 0 Å². The third-order valence-electron chi connectivity index (χ3n) is 5.56. The maximum atomic E-state index is 13.2. The maximum absolute atomic E-state index is 13.2. The van der Waals surface area contributed by atoms with Gasteiger partial charge in [0.15, 0.2) is 5.70 Å². The second kappa shape index (κ2) is 7.72. The number of aryl methyl sites for hydroxylation is 2. The Bertz CT molecular complexity index is 1150. The number of quaternary nitrogens is 1. The number of rotatable bonds is 4. The molecule has 2 atom stereocenters. The number of aliphatic hydroxyl groups excluding tert-OH is 1. The number of benzene rings is 2. The lowest BCUT2D eigenvalue weighted by molar-refractivity contribution is -0.882. The molecule has 0 radical (unpaired) electrons. The molecule has 30 heavy (non-hydrogen) atoms. The van der Waals surface area contributed by atoms with Crippen LogP contribution in [0.15, 0.2) is 63.5 Å². The molecule has 0 aromatic heterocycles. The Hall–Kier alpha value is -2.36. The second-order valence-electron chi connectivity index (χ2n) is 7.64. The number of sulfonamides is 1. The SMILES string of the molecule is Cc1ccc(C)c(S(=O)(=O)N=C2C=C3[NH+](CCO)CCO[C@]3(O)c3ccccc32)c1. The average Bonchev–Trinajstić information content (AvgIpc) is 2.71. The first kappa shape index (κ1) is 20.9. The van der Waals surface area contributed by atoms with Crippen molar-refractivity contribution in [3.63, 3.8) is 0 Å². The van der Waals surface area contributed by atoms with E-state index in [4.69, 9.17) is 4.74 Å².